The van der Waals surface area contributed by atoms with E-state index in [1.165, 1.54) is 16.7 Å². The summed E-state index contributed by atoms with van der Waals surface area (Å²) in [5.74, 6) is 0. The van der Waals surface area contributed by atoms with Crippen LogP contribution in [0.5, 0.6) is 0 Å². The molecule has 0 saturated carbocycles. The Morgan fingerprint density at radius 1 is 0.462 bits per heavy atom. The highest BCUT2D eigenvalue weighted by molar-refractivity contribution is 6.27. The highest BCUT2D eigenvalue weighted by atomic mass is 16.3. The number of fused-ring (bicyclic) bond motifs is 10. The normalized spacial score (nSPS) is 15.5. The molecule has 9 aromatic carbocycles. The van der Waals surface area contributed by atoms with Gasteiger partial charge in [-0.3, -0.25) is 0 Å². The molecule has 1 aliphatic rings. The van der Waals surface area contributed by atoms with Crippen LogP contribution in [-0.2, 0) is 5.41 Å². The molecule has 1 aromatic heterocycles. The van der Waals surface area contributed by atoms with E-state index in [4.69, 9.17) is 9.90 Å². The summed E-state index contributed by atoms with van der Waals surface area (Å²) in [7, 11) is 0. The minimum Gasteiger partial charge on any atom is -0.455 e. The second-order valence-corrected chi connectivity index (χ2v) is 14.2. The Kier molecular flexibility index (Phi) is 4.64. The molecule has 0 fully saturated rings. The fourth-order valence-corrected chi connectivity index (χ4v) is 8.70. The average molecular weight is 671 g/mol. The largest absolute Gasteiger partial charge is 0.455 e. The van der Waals surface area contributed by atoms with Crippen molar-refractivity contribution in [3.63, 3.8) is 0 Å². The predicted octanol–water partition coefficient (Wildman–Crippen LogP) is 14.4. The van der Waals surface area contributed by atoms with Gasteiger partial charge in [0.05, 0.1) is 11.0 Å². The summed E-state index contributed by atoms with van der Waals surface area (Å²) in [5.41, 5.74) is 9.35. The van der Waals surface area contributed by atoms with Gasteiger partial charge in [-0.2, -0.15) is 0 Å². The zero-order valence-corrected chi connectivity index (χ0v) is 28.5. The molecule has 11 rings (SSSR count). The van der Waals surface area contributed by atoms with Crippen LogP contribution in [0.25, 0.3) is 98.8 Å². The molecular formula is C51H34O. The number of furan rings is 1. The van der Waals surface area contributed by atoms with E-state index in [-0.39, 0.29) is 51.1 Å². The van der Waals surface area contributed by atoms with Gasteiger partial charge in [-0.05, 0) is 107 Å². The lowest BCUT2D eigenvalue weighted by Gasteiger charge is -2.21. The summed E-state index contributed by atoms with van der Waals surface area (Å²) in [6, 6.07) is 37.0. The van der Waals surface area contributed by atoms with E-state index in [9.17, 15) is 5.48 Å². The summed E-state index contributed by atoms with van der Waals surface area (Å²) in [4.78, 5) is 0. The Labute approximate surface area is 313 Å². The summed E-state index contributed by atoms with van der Waals surface area (Å²) in [5, 5.41) is 4.02. The molecule has 0 radical (unpaired) electrons. The van der Waals surface area contributed by atoms with E-state index >= 15 is 0 Å². The SMILES string of the molecule is [2H]c1c([2H])c([2H])c2c(-c3cccc4oc5c6ccccc6ccc5c34)c3c([2H])c([2H])c([2H])c([2H])c3c(-c3cccc(-c4ccc5c(c4)-c4ccccc4C5(C)C)c3)c2c1[2H]. The smallest absolute Gasteiger partial charge is 0.143 e. The van der Waals surface area contributed by atoms with Gasteiger partial charge in [0, 0.05) is 21.6 Å². The summed E-state index contributed by atoms with van der Waals surface area (Å²) >= 11 is 0. The first-order chi connectivity index (χ1) is 28.9. The number of rotatable bonds is 3. The fraction of sp³-hybridized carbons (Fsp3) is 0.0588. The molecule has 1 nitrogen and oxygen atoms in total. The summed E-state index contributed by atoms with van der Waals surface area (Å²) in [6.45, 7) is 4.47. The maximum Gasteiger partial charge on any atom is 0.143 e. The molecule has 0 atom stereocenters. The highest BCUT2D eigenvalue weighted by Crippen LogP contribution is 2.51. The summed E-state index contributed by atoms with van der Waals surface area (Å²) < 4.78 is 80.5. The van der Waals surface area contributed by atoms with E-state index in [1.54, 1.807) is 0 Å². The molecular weight excluding hydrogens is 629 g/mol. The monoisotopic (exact) mass is 670 g/mol. The zero-order chi connectivity index (χ0) is 41.5. The van der Waals surface area contributed by atoms with Gasteiger partial charge in [-0.15, -0.1) is 0 Å². The first-order valence-electron chi connectivity index (χ1n) is 21.5. The molecule has 1 aliphatic carbocycles. The molecule has 244 valence electrons. The Hall–Kier alpha value is -6.44. The number of hydrogen-bond donors (Lipinski definition) is 0. The van der Waals surface area contributed by atoms with Gasteiger partial charge in [0.25, 0.3) is 0 Å². The third kappa shape index (κ3) is 4.05. The second kappa shape index (κ2) is 10.8. The first-order valence-corrected chi connectivity index (χ1v) is 17.5. The van der Waals surface area contributed by atoms with Crippen molar-refractivity contribution in [3.05, 3.63) is 181 Å². The lowest BCUT2D eigenvalue weighted by molar-refractivity contribution is 0.660. The third-order valence-electron chi connectivity index (χ3n) is 11.1. The first kappa shape index (κ1) is 22.4. The average Bonchev–Trinajstić information content (AvgIpc) is 3.77. The van der Waals surface area contributed by atoms with Crippen LogP contribution in [0.4, 0.5) is 0 Å². The lowest BCUT2D eigenvalue weighted by Crippen LogP contribution is -2.14. The quantitative estimate of drug-likeness (QED) is 0.171. The van der Waals surface area contributed by atoms with Gasteiger partial charge in [0.1, 0.15) is 11.2 Å². The van der Waals surface area contributed by atoms with Crippen molar-refractivity contribution in [2.24, 2.45) is 0 Å². The molecule has 0 bridgehead atoms. The minimum atomic E-state index is -0.440. The van der Waals surface area contributed by atoms with Gasteiger partial charge in [-0.1, -0.05) is 159 Å². The molecule has 0 aliphatic heterocycles. The molecule has 0 unspecified atom stereocenters. The molecule has 0 amide bonds. The molecule has 0 spiro atoms. The van der Waals surface area contributed by atoms with E-state index in [2.05, 4.69) is 56.3 Å². The molecule has 52 heavy (non-hydrogen) atoms. The molecule has 1 heteroatoms. The maximum absolute atomic E-state index is 9.55. The van der Waals surface area contributed by atoms with Crippen LogP contribution in [0.15, 0.2) is 174 Å². The second-order valence-electron chi connectivity index (χ2n) is 14.2. The van der Waals surface area contributed by atoms with Gasteiger partial charge in [0.2, 0.25) is 0 Å². The van der Waals surface area contributed by atoms with Crippen molar-refractivity contribution in [2.45, 2.75) is 19.3 Å². The topological polar surface area (TPSA) is 13.1 Å². The van der Waals surface area contributed by atoms with Gasteiger partial charge in [0.15, 0.2) is 0 Å². The Morgan fingerprint density at radius 2 is 1.10 bits per heavy atom. The van der Waals surface area contributed by atoms with Gasteiger partial charge < -0.3 is 4.42 Å². The van der Waals surface area contributed by atoms with Gasteiger partial charge >= 0.3 is 0 Å². The van der Waals surface area contributed by atoms with Crippen LogP contribution in [0.3, 0.4) is 0 Å². The van der Waals surface area contributed by atoms with Crippen molar-refractivity contribution in [1.82, 2.24) is 0 Å². The highest BCUT2D eigenvalue weighted by Gasteiger charge is 2.35. The molecule has 0 saturated heterocycles. The summed E-state index contributed by atoms with van der Waals surface area (Å²) in [6.07, 6.45) is 0. The van der Waals surface area contributed by atoms with Crippen LogP contribution in [0.1, 0.15) is 35.9 Å². The number of hydrogen-bond acceptors (Lipinski definition) is 1. The maximum atomic E-state index is 9.55. The number of benzene rings is 9. The fourth-order valence-electron chi connectivity index (χ4n) is 8.70. The molecule has 10 aromatic rings. The van der Waals surface area contributed by atoms with E-state index in [0.717, 1.165) is 32.8 Å². The van der Waals surface area contributed by atoms with Crippen LogP contribution >= 0.6 is 0 Å². The Bertz CT molecular complexity index is 3480. The molecule has 1 heterocycles. The lowest BCUT2D eigenvalue weighted by atomic mass is 9.82. The van der Waals surface area contributed by atoms with Crippen molar-refractivity contribution in [2.75, 3.05) is 0 Å². The van der Waals surface area contributed by atoms with Crippen molar-refractivity contribution in [1.29, 1.82) is 0 Å². The van der Waals surface area contributed by atoms with Crippen LogP contribution < -0.4 is 0 Å². The van der Waals surface area contributed by atoms with Crippen molar-refractivity contribution < 1.29 is 15.4 Å². The zero-order valence-electron chi connectivity index (χ0n) is 36.5. The molecule has 0 N–H and O–H groups in total. The Balaban J connectivity index is 1.27. The van der Waals surface area contributed by atoms with E-state index in [1.807, 2.05) is 78.9 Å². The van der Waals surface area contributed by atoms with Crippen LogP contribution in [-0.4, -0.2) is 0 Å². The van der Waals surface area contributed by atoms with Crippen molar-refractivity contribution in [3.8, 4) is 44.5 Å². The Morgan fingerprint density at radius 3 is 1.90 bits per heavy atom. The van der Waals surface area contributed by atoms with Crippen LogP contribution in [0, 0.1) is 0 Å². The van der Waals surface area contributed by atoms with Crippen molar-refractivity contribution >= 4 is 54.3 Å². The van der Waals surface area contributed by atoms with E-state index < -0.39 is 24.2 Å². The van der Waals surface area contributed by atoms with Gasteiger partial charge in [-0.25, -0.2) is 0 Å². The van der Waals surface area contributed by atoms with Crippen LogP contribution in [0.2, 0.25) is 0 Å². The minimum absolute atomic E-state index is 0.165. The standard InChI is InChI=1S/C51H34O/c1-51(2)44-23-10-9-17-36(44)43-30-33(26-28-45(43)51)32-14-11-15-34(29-32)47-37-18-5-7-20-39(37)48(40-21-8-6-19-38(40)47)41-22-12-24-46-49(41)42-27-25-31-13-3-4-16-35(31)50(42)52-46/h3-30H,1-2H3/i5D,6D,7D,8D,18D,19D,20D,21D. The predicted molar refractivity (Wildman–Crippen MR) is 220 cm³/mol. The van der Waals surface area contributed by atoms with E-state index in [0.29, 0.717) is 38.8 Å². The third-order valence-corrected chi connectivity index (χ3v) is 11.1.